The molecule has 5 heteroatoms. The van der Waals surface area contributed by atoms with E-state index in [0.717, 1.165) is 27.9 Å². The quantitative estimate of drug-likeness (QED) is 0.727. The monoisotopic (exact) mass is 333 g/mol. The number of carboxylic acid groups (broad SMARTS) is 1. The predicted molar refractivity (Wildman–Crippen MR) is 97.6 cm³/mol. The average molecular weight is 333 g/mol. The van der Waals surface area contributed by atoms with Gasteiger partial charge in [-0.2, -0.15) is 0 Å². The SMILES string of the molecule is Cc1ccc(C(=O)O)cc1N[C@@H](C)c1cncc(-c2cccnc2)c1. The lowest BCUT2D eigenvalue weighted by Crippen LogP contribution is -2.09. The molecule has 0 bridgehead atoms. The number of nitrogens with zero attached hydrogens (tertiary/aromatic N) is 2. The third kappa shape index (κ3) is 3.83. The van der Waals surface area contributed by atoms with Crippen molar-refractivity contribution < 1.29 is 9.90 Å². The van der Waals surface area contributed by atoms with Gasteiger partial charge in [0.1, 0.15) is 0 Å². The Kier molecular flexibility index (Phi) is 4.75. The van der Waals surface area contributed by atoms with E-state index in [4.69, 9.17) is 0 Å². The lowest BCUT2D eigenvalue weighted by Gasteiger charge is -2.18. The number of aromatic carboxylic acids is 1. The van der Waals surface area contributed by atoms with Crippen LogP contribution in [0.3, 0.4) is 0 Å². The van der Waals surface area contributed by atoms with Gasteiger partial charge < -0.3 is 10.4 Å². The molecule has 0 amide bonds. The van der Waals surface area contributed by atoms with E-state index in [1.165, 1.54) is 0 Å². The fraction of sp³-hybridized carbons (Fsp3) is 0.150. The number of aryl methyl sites for hydroxylation is 1. The molecule has 1 atom stereocenters. The maximum atomic E-state index is 11.2. The van der Waals surface area contributed by atoms with Crippen LogP contribution in [0.4, 0.5) is 5.69 Å². The standard InChI is InChI=1S/C20H19N3O2/c1-13-5-6-15(20(24)25)9-19(13)23-14(2)17-8-18(12-22-11-17)16-4-3-7-21-10-16/h3-12,14,23H,1-2H3,(H,24,25)/t14-/m0/s1. The molecule has 3 aromatic rings. The van der Waals surface area contributed by atoms with Crippen molar-refractivity contribution in [1.29, 1.82) is 0 Å². The first kappa shape index (κ1) is 16.6. The lowest BCUT2D eigenvalue weighted by molar-refractivity contribution is 0.0697. The van der Waals surface area contributed by atoms with E-state index in [0.29, 0.717) is 0 Å². The molecular formula is C20H19N3O2. The molecule has 1 aromatic carbocycles. The van der Waals surface area contributed by atoms with Gasteiger partial charge in [-0.05, 0) is 49.2 Å². The third-order valence-electron chi connectivity index (χ3n) is 4.11. The normalized spacial score (nSPS) is 11.8. The first-order valence-electron chi connectivity index (χ1n) is 8.00. The van der Waals surface area contributed by atoms with Crippen molar-refractivity contribution in [1.82, 2.24) is 9.97 Å². The minimum absolute atomic E-state index is 0.0214. The summed E-state index contributed by atoms with van der Waals surface area (Å²) in [5.74, 6) is -0.934. The van der Waals surface area contributed by atoms with Gasteiger partial charge in [0, 0.05) is 41.6 Å². The zero-order valence-corrected chi connectivity index (χ0v) is 14.1. The summed E-state index contributed by atoms with van der Waals surface area (Å²) in [6.45, 7) is 3.97. The Morgan fingerprint density at radius 3 is 2.60 bits per heavy atom. The zero-order valence-electron chi connectivity index (χ0n) is 14.1. The number of nitrogens with one attached hydrogen (secondary N) is 1. The molecular weight excluding hydrogens is 314 g/mol. The van der Waals surface area contributed by atoms with E-state index in [1.807, 2.05) is 44.4 Å². The van der Waals surface area contributed by atoms with Crippen LogP contribution in [0.5, 0.6) is 0 Å². The molecule has 0 aliphatic rings. The summed E-state index contributed by atoms with van der Waals surface area (Å²) in [5.41, 5.74) is 5.08. The highest BCUT2D eigenvalue weighted by Crippen LogP contribution is 2.26. The predicted octanol–water partition coefficient (Wildman–Crippen LogP) is 4.32. The molecule has 0 fully saturated rings. The Morgan fingerprint density at radius 1 is 1.08 bits per heavy atom. The second-order valence-electron chi connectivity index (χ2n) is 5.95. The number of carboxylic acids is 1. The van der Waals surface area contributed by atoms with Gasteiger partial charge in [-0.1, -0.05) is 12.1 Å². The molecule has 0 radical (unpaired) electrons. The van der Waals surface area contributed by atoms with Gasteiger partial charge in [-0.3, -0.25) is 9.97 Å². The number of hydrogen-bond acceptors (Lipinski definition) is 4. The Balaban J connectivity index is 1.86. The first-order valence-corrected chi connectivity index (χ1v) is 8.00. The van der Waals surface area contributed by atoms with E-state index in [-0.39, 0.29) is 11.6 Å². The molecule has 0 aliphatic carbocycles. The topological polar surface area (TPSA) is 75.1 Å². The second kappa shape index (κ2) is 7.13. The van der Waals surface area contributed by atoms with Crippen molar-refractivity contribution in [3.05, 3.63) is 77.9 Å². The Labute approximate surface area is 146 Å². The summed E-state index contributed by atoms with van der Waals surface area (Å²) in [6.07, 6.45) is 7.17. The number of rotatable bonds is 5. The molecule has 0 aliphatic heterocycles. The lowest BCUT2D eigenvalue weighted by atomic mass is 10.0. The minimum Gasteiger partial charge on any atom is -0.478 e. The average Bonchev–Trinajstić information content (AvgIpc) is 2.64. The highest BCUT2D eigenvalue weighted by Gasteiger charge is 2.11. The van der Waals surface area contributed by atoms with Crippen LogP contribution >= 0.6 is 0 Å². The van der Waals surface area contributed by atoms with Gasteiger partial charge in [0.2, 0.25) is 0 Å². The molecule has 2 heterocycles. The van der Waals surface area contributed by atoms with Crippen molar-refractivity contribution in [2.45, 2.75) is 19.9 Å². The molecule has 5 nitrogen and oxygen atoms in total. The Hall–Kier alpha value is -3.21. The highest BCUT2D eigenvalue weighted by molar-refractivity contribution is 5.89. The largest absolute Gasteiger partial charge is 0.478 e. The summed E-state index contributed by atoms with van der Waals surface area (Å²) in [4.78, 5) is 19.7. The molecule has 2 aromatic heterocycles. The molecule has 126 valence electrons. The van der Waals surface area contributed by atoms with Gasteiger partial charge in [-0.15, -0.1) is 0 Å². The molecule has 0 saturated carbocycles. The van der Waals surface area contributed by atoms with Gasteiger partial charge in [0.25, 0.3) is 0 Å². The van der Waals surface area contributed by atoms with E-state index >= 15 is 0 Å². The summed E-state index contributed by atoms with van der Waals surface area (Å²) >= 11 is 0. The van der Waals surface area contributed by atoms with E-state index in [2.05, 4.69) is 21.4 Å². The van der Waals surface area contributed by atoms with Gasteiger partial charge in [0.05, 0.1) is 11.6 Å². The van der Waals surface area contributed by atoms with Crippen molar-refractivity contribution in [3.8, 4) is 11.1 Å². The second-order valence-corrected chi connectivity index (χ2v) is 5.95. The molecule has 0 unspecified atom stereocenters. The third-order valence-corrected chi connectivity index (χ3v) is 4.11. The van der Waals surface area contributed by atoms with Gasteiger partial charge in [-0.25, -0.2) is 4.79 Å². The van der Waals surface area contributed by atoms with Crippen LogP contribution in [0.15, 0.2) is 61.2 Å². The van der Waals surface area contributed by atoms with Crippen LogP contribution in [0.2, 0.25) is 0 Å². The van der Waals surface area contributed by atoms with E-state index < -0.39 is 5.97 Å². The first-order chi connectivity index (χ1) is 12.0. The number of benzene rings is 1. The number of carbonyl (C=O) groups is 1. The molecule has 2 N–H and O–H groups in total. The van der Waals surface area contributed by atoms with E-state index in [9.17, 15) is 9.90 Å². The maximum Gasteiger partial charge on any atom is 0.335 e. The van der Waals surface area contributed by atoms with Crippen LogP contribution in [-0.2, 0) is 0 Å². The van der Waals surface area contributed by atoms with Crippen LogP contribution < -0.4 is 5.32 Å². The minimum atomic E-state index is -0.934. The molecule has 25 heavy (non-hydrogen) atoms. The van der Waals surface area contributed by atoms with Crippen LogP contribution in [0, 0.1) is 6.92 Å². The van der Waals surface area contributed by atoms with Gasteiger partial charge >= 0.3 is 5.97 Å². The number of anilines is 1. The van der Waals surface area contributed by atoms with Crippen LogP contribution in [0.25, 0.3) is 11.1 Å². The summed E-state index contributed by atoms with van der Waals surface area (Å²) in [6, 6.07) is 11.0. The zero-order chi connectivity index (χ0) is 17.8. The molecule has 0 spiro atoms. The Bertz CT molecular complexity index is 894. The fourth-order valence-electron chi connectivity index (χ4n) is 2.61. The van der Waals surface area contributed by atoms with Crippen molar-refractivity contribution in [2.75, 3.05) is 5.32 Å². The van der Waals surface area contributed by atoms with Crippen molar-refractivity contribution in [2.24, 2.45) is 0 Å². The summed E-state index contributed by atoms with van der Waals surface area (Å²) < 4.78 is 0. The smallest absolute Gasteiger partial charge is 0.335 e. The number of pyridine rings is 2. The van der Waals surface area contributed by atoms with E-state index in [1.54, 1.807) is 24.5 Å². The van der Waals surface area contributed by atoms with Gasteiger partial charge in [0.15, 0.2) is 0 Å². The summed E-state index contributed by atoms with van der Waals surface area (Å²) in [7, 11) is 0. The maximum absolute atomic E-state index is 11.2. The van der Waals surface area contributed by atoms with Crippen molar-refractivity contribution >= 4 is 11.7 Å². The Morgan fingerprint density at radius 2 is 1.88 bits per heavy atom. The van der Waals surface area contributed by atoms with Crippen LogP contribution in [-0.4, -0.2) is 21.0 Å². The highest BCUT2D eigenvalue weighted by atomic mass is 16.4. The summed E-state index contributed by atoms with van der Waals surface area (Å²) in [5, 5.41) is 12.6. The molecule has 3 rings (SSSR count). The van der Waals surface area contributed by atoms with Crippen LogP contribution in [0.1, 0.15) is 34.5 Å². The van der Waals surface area contributed by atoms with Crippen molar-refractivity contribution in [3.63, 3.8) is 0 Å². The number of aromatic nitrogens is 2. The number of hydrogen-bond donors (Lipinski definition) is 2. The fourth-order valence-corrected chi connectivity index (χ4v) is 2.61. The molecule has 0 saturated heterocycles.